The van der Waals surface area contributed by atoms with Crippen molar-refractivity contribution >= 4 is 6.08 Å². The molecule has 1 aliphatic carbocycles. The van der Waals surface area contributed by atoms with Gasteiger partial charge in [-0.25, -0.2) is 0 Å². The highest BCUT2D eigenvalue weighted by Crippen LogP contribution is 2.37. The van der Waals surface area contributed by atoms with Gasteiger partial charge in [-0.3, -0.25) is 0 Å². The second-order valence-corrected chi connectivity index (χ2v) is 5.43. The maximum Gasteiger partial charge on any atom is 0.231 e. The van der Waals surface area contributed by atoms with Crippen LogP contribution in [0.1, 0.15) is 29.2 Å². The molecule has 1 heterocycles. The molecule has 0 bridgehead atoms. The predicted molar refractivity (Wildman–Crippen MR) is 80.3 cm³/mol. The van der Waals surface area contributed by atoms with Gasteiger partial charge in [0.15, 0.2) is 11.5 Å². The van der Waals surface area contributed by atoms with E-state index in [2.05, 4.69) is 12.1 Å². The molecule has 1 atom stereocenters. The lowest BCUT2D eigenvalue weighted by atomic mass is 9.85. The molecule has 4 rings (SSSR count). The summed E-state index contributed by atoms with van der Waals surface area (Å²) in [6.45, 7) is 0.283. The van der Waals surface area contributed by atoms with Crippen molar-refractivity contribution in [2.75, 3.05) is 6.79 Å². The van der Waals surface area contributed by atoms with Gasteiger partial charge in [0.05, 0.1) is 0 Å². The van der Waals surface area contributed by atoms with Crippen LogP contribution >= 0.6 is 0 Å². The van der Waals surface area contributed by atoms with Gasteiger partial charge in [0.25, 0.3) is 0 Å². The van der Waals surface area contributed by atoms with Crippen LogP contribution in [0.15, 0.2) is 48.0 Å². The van der Waals surface area contributed by atoms with E-state index in [0.29, 0.717) is 0 Å². The number of ether oxygens (including phenoxy) is 2. The fourth-order valence-corrected chi connectivity index (χ4v) is 3.01. The van der Waals surface area contributed by atoms with Gasteiger partial charge in [-0.1, -0.05) is 36.4 Å². The molecule has 2 aromatic carbocycles. The molecule has 1 aliphatic heterocycles. The first kappa shape index (κ1) is 12.5. The third-order valence-corrected chi connectivity index (χ3v) is 4.13. The van der Waals surface area contributed by atoms with E-state index in [9.17, 15) is 5.11 Å². The fourth-order valence-electron chi connectivity index (χ4n) is 3.01. The van der Waals surface area contributed by atoms with Crippen LogP contribution in [0.2, 0.25) is 0 Å². The molecule has 21 heavy (non-hydrogen) atoms. The second kappa shape index (κ2) is 4.93. The van der Waals surface area contributed by atoms with E-state index >= 15 is 0 Å². The molecular weight excluding hydrogens is 264 g/mol. The van der Waals surface area contributed by atoms with Crippen LogP contribution in [0, 0.1) is 0 Å². The van der Waals surface area contributed by atoms with Crippen LogP contribution in [0.3, 0.4) is 0 Å². The average Bonchev–Trinajstić information content (AvgIpc) is 2.98. The molecule has 0 spiro atoms. The molecule has 0 aromatic heterocycles. The number of aliphatic hydroxyl groups is 1. The van der Waals surface area contributed by atoms with E-state index in [1.165, 1.54) is 5.56 Å². The van der Waals surface area contributed by atoms with Gasteiger partial charge in [-0.2, -0.15) is 0 Å². The maximum atomic E-state index is 10.6. The molecular formula is C18H16O3. The zero-order chi connectivity index (χ0) is 14.2. The Morgan fingerprint density at radius 2 is 1.86 bits per heavy atom. The lowest BCUT2D eigenvalue weighted by Gasteiger charge is -2.24. The molecule has 1 unspecified atom stereocenters. The summed E-state index contributed by atoms with van der Waals surface area (Å²) >= 11 is 0. The first-order valence-electron chi connectivity index (χ1n) is 7.17. The minimum atomic E-state index is -0.514. The van der Waals surface area contributed by atoms with E-state index < -0.39 is 6.10 Å². The average molecular weight is 280 g/mol. The van der Waals surface area contributed by atoms with Crippen LogP contribution in [-0.2, 0) is 6.42 Å². The molecule has 0 amide bonds. The molecule has 0 saturated carbocycles. The molecule has 106 valence electrons. The van der Waals surface area contributed by atoms with Gasteiger partial charge in [0.1, 0.15) is 6.10 Å². The molecule has 0 fully saturated rings. The van der Waals surface area contributed by atoms with Gasteiger partial charge < -0.3 is 14.6 Å². The first-order chi connectivity index (χ1) is 10.3. The number of hydrogen-bond acceptors (Lipinski definition) is 3. The second-order valence-electron chi connectivity index (χ2n) is 5.43. The summed E-state index contributed by atoms with van der Waals surface area (Å²) < 4.78 is 10.7. The third-order valence-electron chi connectivity index (χ3n) is 4.13. The lowest BCUT2D eigenvalue weighted by Crippen LogP contribution is -2.11. The number of rotatable bonds is 1. The molecule has 2 aliphatic rings. The Bertz CT molecular complexity index is 718. The standard InChI is InChI=1S/C18H16O3/c19-18-14(7-6-13-3-1-2-4-15(13)18)9-12-5-8-16-17(10-12)21-11-20-16/h1-5,8-10,18-19H,6-7,11H2/b14-9-. The predicted octanol–water partition coefficient (Wildman–Crippen LogP) is 3.48. The van der Waals surface area contributed by atoms with Gasteiger partial charge in [-0.05, 0) is 47.2 Å². The van der Waals surface area contributed by atoms with Crippen molar-refractivity contribution < 1.29 is 14.6 Å². The van der Waals surface area contributed by atoms with E-state index in [1.54, 1.807) is 0 Å². The summed E-state index contributed by atoms with van der Waals surface area (Å²) in [6, 6.07) is 14.0. The van der Waals surface area contributed by atoms with Crippen LogP contribution in [-0.4, -0.2) is 11.9 Å². The Morgan fingerprint density at radius 1 is 1.00 bits per heavy atom. The third kappa shape index (κ3) is 2.20. The molecule has 0 saturated heterocycles. The highest BCUT2D eigenvalue weighted by atomic mass is 16.7. The fraction of sp³-hybridized carbons (Fsp3) is 0.222. The summed E-state index contributed by atoms with van der Waals surface area (Å²) in [5.41, 5.74) is 4.35. The molecule has 3 nitrogen and oxygen atoms in total. The minimum absolute atomic E-state index is 0.283. The number of aryl methyl sites for hydroxylation is 1. The first-order valence-corrected chi connectivity index (χ1v) is 7.17. The molecule has 1 N–H and O–H groups in total. The zero-order valence-electron chi connectivity index (χ0n) is 11.6. The Morgan fingerprint density at radius 3 is 2.81 bits per heavy atom. The van der Waals surface area contributed by atoms with Crippen LogP contribution < -0.4 is 9.47 Å². The van der Waals surface area contributed by atoms with Crippen molar-refractivity contribution in [3.63, 3.8) is 0 Å². The van der Waals surface area contributed by atoms with Gasteiger partial charge >= 0.3 is 0 Å². The summed E-state index contributed by atoms with van der Waals surface area (Å²) in [6.07, 6.45) is 3.40. The van der Waals surface area contributed by atoms with E-state index in [1.807, 2.05) is 36.4 Å². The number of benzene rings is 2. The van der Waals surface area contributed by atoms with Gasteiger partial charge in [0, 0.05) is 0 Å². The SMILES string of the molecule is OC1/C(=C\c2ccc3c(c2)OCO3)CCc2ccccc21. The monoisotopic (exact) mass is 280 g/mol. The van der Waals surface area contributed by atoms with Crippen LogP contribution in [0.4, 0.5) is 0 Å². The summed E-state index contributed by atoms with van der Waals surface area (Å²) in [7, 11) is 0. The summed E-state index contributed by atoms with van der Waals surface area (Å²) in [5.74, 6) is 1.56. The lowest BCUT2D eigenvalue weighted by molar-refractivity contribution is 0.174. The molecule has 2 aromatic rings. The Labute approximate surface area is 123 Å². The summed E-state index contributed by atoms with van der Waals surface area (Å²) in [4.78, 5) is 0. The smallest absolute Gasteiger partial charge is 0.231 e. The van der Waals surface area contributed by atoms with Crippen molar-refractivity contribution in [3.05, 3.63) is 64.7 Å². The molecule has 0 radical (unpaired) electrons. The number of aliphatic hydroxyl groups excluding tert-OH is 1. The zero-order valence-corrected chi connectivity index (χ0v) is 11.6. The van der Waals surface area contributed by atoms with Crippen molar-refractivity contribution in [2.24, 2.45) is 0 Å². The topological polar surface area (TPSA) is 38.7 Å². The van der Waals surface area contributed by atoms with E-state index in [4.69, 9.17) is 9.47 Å². The quantitative estimate of drug-likeness (QED) is 0.869. The minimum Gasteiger partial charge on any atom is -0.454 e. The van der Waals surface area contributed by atoms with Gasteiger partial charge in [-0.15, -0.1) is 0 Å². The Balaban J connectivity index is 1.68. The molecule has 3 heteroatoms. The van der Waals surface area contributed by atoms with Crippen LogP contribution in [0.5, 0.6) is 11.5 Å². The Kier molecular flexibility index (Phi) is 2.93. The van der Waals surface area contributed by atoms with E-state index in [-0.39, 0.29) is 6.79 Å². The van der Waals surface area contributed by atoms with Crippen molar-refractivity contribution in [1.29, 1.82) is 0 Å². The van der Waals surface area contributed by atoms with Crippen LogP contribution in [0.25, 0.3) is 6.08 Å². The highest BCUT2D eigenvalue weighted by Gasteiger charge is 2.22. The maximum absolute atomic E-state index is 10.6. The van der Waals surface area contributed by atoms with Crippen molar-refractivity contribution in [1.82, 2.24) is 0 Å². The summed E-state index contributed by atoms with van der Waals surface area (Å²) in [5, 5.41) is 10.6. The number of hydrogen-bond donors (Lipinski definition) is 1. The van der Waals surface area contributed by atoms with Crippen molar-refractivity contribution in [3.8, 4) is 11.5 Å². The van der Waals surface area contributed by atoms with E-state index in [0.717, 1.165) is 41.0 Å². The van der Waals surface area contributed by atoms with Crippen molar-refractivity contribution in [2.45, 2.75) is 18.9 Å². The van der Waals surface area contributed by atoms with Gasteiger partial charge in [0.2, 0.25) is 6.79 Å². The normalized spacial score (nSPS) is 21.4. The number of fused-ring (bicyclic) bond motifs is 2. The highest BCUT2D eigenvalue weighted by molar-refractivity contribution is 5.60. The Hall–Kier alpha value is -2.26. The largest absolute Gasteiger partial charge is 0.454 e.